The monoisotopic (exact) mass is 371 g/mol. The third-order valence-corrected chi connectivity index (χ3v) is 3.91. The summed E-state index contributed by atoms with van der Waals surface area (Å²) in [5.41, 5.74) is 4.73. The lowest BCUT2D eigenvalue weighted by molar-refractivity contribution is -0.122. The molecule has 2 N–H and O–H groups in total. The average molecular weight is 371 g/mol. The molecule has 0 fully saturated rings. The summed E-state index contributed by atoms with van der Waals surface area (Å²) in [5, 5.41) is 0. The lowest BCUT2D eigenvalue weighted by atomic mass is 10.2. The number of pyridine rings is 1. The SMILES string of the molecule is CCCCCCOc1ccc(C(=O)NNC(=O)Cn2ccccc2=O)cc1. The van der Waals surface area contributed by atoms with Crippen molar-refractivity contribution in [3.63, 3.8) is 0 Å². The van der Waals surface area contributed by atoms with Gasteiger partial charge in [-0.05, 0) is 36.8 Å². The van der Waals surface area contributed by atoms with Gasteiger partial charge in [0.25, 0.3) is 17.4 Å². The van der Waals surface area contributed by atoms with Crippen LogP contribution in [0.25, 0.3) is 0 Å². The number of amides is 2. The predicted octanol–water partition coefficient (Wildman–Crippen LogP) is 2.27. The molecule has 2 amide bonds. The summed E-state index contributed by atoms with van der Waals surface area (Å²) in [4.78, 5) is 35.5. The molecule has 27 heavy (non-hydrogen) atoms. The molecule has 1 aromatic heterocycles. The topological polar surface area (TPSA) is 89.4 Å². The van der Waals surface area contributed by atoms with Crippen molar-refractivity contribution in [3.8, 4) is 5.75 Å². The first-order chi connectivity index (χ1) is 13.1. The van der Waals surface area contributed by atoms with Crippen LogP contribution in [0.4, 0.5) is 0 Å². The van der Waals surface area contributed by atoms with Crippen molar-refractivity contribution in [3.05, 3.63) is 64.6 Å². The number of carbonyl (C=O) groups is 2. The van der Waals surface area contributed by atoms with Gasteiger partial charge in [0.15, 0.2) is 0 Å². The van der Waals surface area contributed by atoms with Crippen LogP contribution in [0.15, 0.2) is 53.5 Å². The smallest absolute Gasteiger partial charge is 0.269 e. The number of aromatic nitrogens is 1. The molecule has 1 aromatic carbocycles. The number of nitrogens with zero attached hydrogens (tertiary/aromatic N) is 1. The Hall–Kier alpha value is -3.09. The number of rotatable bonds is 9. The van der Waals surface area contributed by atoms with Gasteiger partial charge in [-0.15, -0.1) is 0 Å². The summed E-state index contributed by atoms with van der Waals surface area (Å²) in [6.45, 7) is 2.64. The van der Waals surface area contributed by atoms with Crippen LogP contribution in [-0.4, -0.2) is 23.0 Å². The second-order valence-corrected chi connectivity index (χ2v) is 6.10. The van der Waals surface area contributed by atoms with Crippen LogP contribution in [0.5, 0.6) is 5.75 Å². The van der Waals surface area contributed by atoms with Crippen LogP contribution in [0.3, 0.4) is 0 Å². The molecular weight excluding hydrogens is 346 g/mol. The molecule has 0 aliphatic heterocycles. The number of nitrogens with one attached hydrogen (secondary N) is 2. The normalized spacial score (nSPS) is 10.3. The van der Waals surface area contributed by atoms with Crippen molar-refractivity contribution in [2.45, 2.75) is 39.2 Å². The molecular formula is C20H25N3O4. The molecule has 0 aliphatic rings. The van der Waals surface area contributed by atoms with Crippen molar-refractivity contribution in [1.29, 1.82) is 0 Å². The van der Waals surface area contributed by atoms with E-state index in [-0.39, 0.29) is 12.1 Å². The molecule has 1 heterocycles. The van der Waals surface area contributed by atoms with Crippen LogP contribution in [0, 0.1) is 0 Å². The second kappa shape index (κ2) is 10.8. The number of unbranched alkanes of at least 4 members (excludes halogenated alkanes) is 3. The van der Waals surface area contributed by atoms with Gasteiger partial charge >= 0.3 is 0 Å². The van der Waals surface area contributed by atoms with Crippen molar-refractivity contribution >= 4 is 11.8 Å². The molecule has 0 atom stereocenters. The van der Waals surface area contributed by atoms with Gasteiger partial charge in [-0.3, -0.25) is 25.2 Å². The molecule has 0 radical (unpaired) electrons. The quantitative estimate of drug-likeness (QED) is 0.523. The zero-order valence-electron chi connectivity index (χ0n) is 15.4. The highest BCUT2D eigenvalue weighted by Crippen LogP contribution is 2.13. The van der Waals surface area contributed by atoms with Crippen molar-refractivity contribution < 1.29 is 14.3 Å². The predicted molar refractivity (Wildman–Crippen MR) is 102 cm³/mol. The lowest BCUT2D eigenvalue weighted by Crippen LogP contribution is -2.44. The minimum Gasteiger partial charge on any atom is -0.494 e. The fourth-order valence-electron chi connectivity index (χ4n) is 2.41. The van der Waals surface area contributed by atoms with E-state index in [0.717, 1.165) is 12.8 Å². The van der Waals surface area contributed by atoms with E-state index in [9.17, 15) is 14.4 Å². The van der Waals surface area contributed by atoms with Crippen LogP contribution >= 0.6 is 0 Å². The molecule has 0 aliphatic carbocycles. The highest BCUT2D eigenvalue weighted by molar-refractivity contribution is 5.95. The van der Waals surface area contributed by atoms with Gasteiger partial charge < -0.3 is 9.30 Å². The molecule has 144 valence electrons. The summed E-state index contributed by atoms with van der Waals surface area (Å²) in [6, 6.07) is 11.3. The first-order valence-electron chi connectivity index (χ1n) is 9.07. The van der Waals surface area contributed by atoms with Crippen molar-refractivity contribution in [1.82, 2.24) is 15.4 Å². The van der Waals surface area contributed by atoms with Gasteiger partial charge in [-0.2, -0.15) is 0 Å². The summed E-state index contributed by atoms with van der Waals surface area (Å²) in [6.07, 6.45) is 6.04. The van der Waals surface area contributed by atoms with Gasteiger partial charge in [0.2, 0.25) is 0 Å². The van der Waals surface area contributed by atoms with Crippen LogP contribution < -0.4 is 21.1 Å². The van der Waals surface area contributed by atoms with E-state index in [1.165, 1.54) is 29.7 Å². The third kappa shape index (κ3) is 6.97. The first kappa shape index (κ1) is 20.2. The molecule has 2 rings (SSSR count). The van der Waals surface area contributed by atoms with Gasteiger partial charge in [0.1, 0.15) is 12.3 Å². The van der Waals surface area contributed by atoms with Gasteiger partial charge in [-0.1, -0.05) is 32.3 Å². The maximum absolute atomic E-state index is 12.1. The number of hydrogen-bond acceptors (Lipinski definition) is 4. The Morgan fingerprint density at radius 2 is 1.78 bits per heavy atom. The number of hydrogen-bond donors (Lipinski definition) is 2. The number of benzene rings is 1. The molecule has 0 saturated heterocycles. The molecule has 0 spiro atoms. The number of hydrazine groups is 1. The van der Waals surface area contributed by atoms with E-state index in [4.69, 9.17) is 4.74 Å². The Balaban J connectivity index is 1.76. The summed E-state index contributed by atoms with van der Waals surface area (Å²) < 4.78 is 6.87. The fraction of sp³-hybridized carbons (Fsp3) is 0.350. The summed E-state index contributed by atoms with van der Waals surface area (Å²) >= 11 is 0. The number of ether oxygens (including phenoxy) is 1. The van der Waals surface area contributed by atoms with Gasteiger partial charge in [0, 0.05) is 17.8 Å². The zero-order chi connectivity index (χ0) is 19.5. The van der Waals surface area contributed by atoms with Gasteiger partial charge in [-0.25, -0.2) is 0 Å². The Morgan fingerprint density at radius 3 is 2.48 bits per heavy atom. The highest BCUT2D eigenvalue weighted by atomic mass is 16.5. The number of carbonyl (C=O) groups excluding carboxylic acids is 2. The third-order valence-electron chi connectivity index (χ3n) is 3.91. The van der Waals surface area contributed by atoms with Crippen LogP contribution in [0.1, 0.15) is 43.0 Å². The van der Waals surface area contributed by atoms with Crippen LogP contribution in [0.2, 0.25) is 0 Å². The Kier molecular flexibility index (Phi) is 8.09. The minimum absolute atomic E-state index is 0.176. The molecule has 7 nitrogen and oxygen atoms in total. The zero-order valence-corrected chi connectivity index (χ0v) is 15.4. The van der Waals surface area contributed by atoms with E-state index in [1.54, 1.807) is 36.4 Å². The van der Waals surface area contributed by atoms with E-state index in [0.29, 0.717) is 17.9 Å². The summed E-state index contributed by atoms with van der Waals surface area (Å²) in [5.74, 6) is -0.238. The van der Waals surface area contributed by atoms with Crippen LogP contribution in [-0.2, 0) is 11.3 Å². The largest absolute Gasteiger partial charge is 0.494 e. The van der Waals surface area contributed by atoms with Crippen molar-refractivity contribution in [2.24, 2.45) is 0 Å². The standard InChI is InChI=1S/C20H25N3O4/c1-2-3-4-7-14-27-17-11-9-16(10-12-17)20(26)22-21-18(24)15-23-13-6-5-8-19(23)25/h5-6,8-13H,2-4,7,14-15H2,1H3,(H,21,24)(H,22,26). The first-order valence-corrected chi connectivity index (χ1v) is 9.07. The van der Waals surface area contributed by atoms with E-state index < -0.39 is 11.8 Å². The van der Waals surface area contributed by atoms with E-state index in [1.807, 2.05) is 0 Å². The molecule has 0 unspecified atom stereocenters. The highest BCUT2D eigenvalue weighted by Gasteiger charge is 2.08. The van der Waals surface area contributed by atoms with E-state index >= 15 is 0 Å². The summed E-state index contributed by atoms with van der Waals surface area (Å²) in [7, 11) is 0. The molecule has 0 bridgehead atoms. The van der Waals surface area contributed by atoms with Crippen molar-refractivity contribution in [2.75, 3.05) is 6.61 Å². The molecule has 0 saturated carbocycles. The molecule has 7 heteroatoms. The fourth-order valence-corrected chi connectivity index (χ4v) is 2.41. The molecule has 2 aromatic rings. The van der Waals surface area contributed by atoms with E-state index in [2.05, 4.69) is 17.8 Å². The second-order valence-electron chi connectivity index (χ2n) is 6.10. The van der Waals surface area contributed by atoms with Gasteiger partial charge in [0.05, 0.1) is 6.61 Å². The minimum atomic E-state index is -0.497. The Bertz CT molecular complexity index is 799. The maximum Gasteiger partial charge on any atom is 0.269 e. The Morgan fingerprint density at radius 1 is 1.00 bits per heavy atom. The Labute approximate surface area is 158 Å². The maximum atomic E-state index is 12.1. The average Bonchev–Trinajstić information content (AvgIpc) is 2.68. The lowest BCUT2D eigenvalue weighted by Gasteiger charge is -2.09.